The van der Waals surface area contributed by atoms with Crippen LogP contribution in [0.2, 0.25) is 0 Å². The highest BCUT2D eigenvalue weighted by Crippen LogP contribution is 2.27. The molecule has 2 aromatic heterocycles. The minimum Gasteiger partial charge on any atom is -0.367 e. The predicted molar refractivity (Wildman–Crippen MR) is 144 cm³/mol. The zero-order chi connectivity index (χ0) is 23.1. The number of anilines is 2. The molecule has 0 amide bonds. The van der Waals surface area contributed by atoms with Gasteiger partial charge in [0.1, 0.15) is 17.3 Å². The highest BCUT2D eigenvalue weighted by atomic mass is 32.2. The molecule has 7 heteroatoms. The summed E-state index contributed by atoms with van der Waals surface area (Å²) in [6.45, 7) is 16.9. The SMILES string of the molecule is C=C/C=C(/CNc1cc(=O)c2c(C)cc(N3CCCCC3)nc2n1CC(=C)SC=C)SC. The van der Waals surface area contributed by atoms with E-state index in [9.17, 15) is 4.79 Å². The number of allylic oxidation sites excluding steroid dienone is 3. The first-order chi connectivity index (χ1) is 15.5. The van der Waals surface area contributed by atoms with Gasteiger partial charge in [0, 0.05) is 35.5 Å². The van der Waals surface area contributed by atoms with Gasteiger partial charge in [-0.15, -0.1) is 23.5 Å². The zero-order valence-corrected chi connectivity index (χ0v) is 20.7. The van der Waals surface area contributed by atoms with Crippen LogP contribution in [0, 0.1) is 6.92 Å². The maximum atomic E-state index is 13.1. The number of nitrogens with one attached hydrogen (secondary N) is 1. The predicted octanol–water partition coefficient (Wildman–Crippen LogP) is 5.93. The number of hydrogen-bond donors (Lipinski definition) is 1. The Hall–Kier alpha value is -2.38. The molecule has 1 fully saturated rings. The first-order valence-electron chi connectivity index (χ1n) is 10.8. The molecule has 0 aromatic carbocycles. The van der Waals surface area contributed by atoms with Gasteiger partial charge in [-0.25, -0.2) is 4.98 Å². The van der Waals surface area contributed by atoms with Gasteiger partial charge >= 0.3 is 0 Å². The van der Waals surface area contributed by atoms with Crippen molar-refractivity contribution in [2.24, 2.45) is 0 Å². The lowest BCUT2D eigenvalue weighted by Gasteiger charge is -2.29. The molecule has 32 heavy (non-hydrogen) atoms. The van der Waals surface area contributed by atoms with E-state index >= 15 is 0 Å². The topological polar surface area (TPSA) is 50.2 Å². The number of rotatable bonds is 10. The van der Waals surface area contributed by atoms with Crippen molar-refractivity contribution in [1.82, 2.24) is 9.55 Å². The lowest BCUT2D eigenvalue weighted by molar-refractivity contribution is 0.573. The first-order valence-corrected chi connectivity index (χ1v) is 12.9. The van der Waals surface area contributed by atoms with Gasteiger partial charge in [-0.05, 0) is 49.5 Å². The van der Waals surface area contributed by atoms with E-state index in [-0.39, 0.29) is 5.43 Å². The number of nitrogens with zero attached hydrogens (tertiary/aromatic N) is 3. The smallest absolute Gasteiger partial charge is 0.193 e. The summed E-state index contributed by atoms with van der Waals surface area (Å²) in [5, 5.41) is 5.88. The van der Waals surface area contributed by atoms with Gasteiger partial charge in [-0.2, -0.15) is 0 Å². The van der Waals surface area contributed by atoms with Crippen LogP contribution in [-0.2, 0) is 6.54 Å². The molecule has 3 rings (SSSR count). The lowest BCUT2D eigenvalue weighted by Crippen LogP contribution is -2.30. The van der Waals surface area contributed by atoms with E-state index in [1.54, 1.807) is 29.3 Å². The van der Waals surface area contributed by atoms with E-state index in [4.69, 9.17) is 4.98 Å². The van der Waals surface area contributed by atoms with Crippen molar-refractivity contribution >= 4 is 46.2 Å². The normalized spacial score (nSPS) is 14.4. The highest BCUT2D eigenvalue weighted by molar-refractivity contribution is 8.05. The highest BCUT2D eigenvalue weighted by Gasteiger charge is 2.18. The minimum atomic E-state index is -0.0191. The minimum absolute atomic E-state index is 0.0191. The molecule has 2 aromatic rings. The van der Waals surface area contributed by atoms with Gasteiger partial charge in [0.25, 0.3) is 0 Å². The standard InChI is InChI=1S/C25H32N4OS2/c1-6-11-20(31-5)16-26-22-15-21(30)24-18(3)14-23(28-12-9-8-10-13-28)27-25(24)29(22)17-19(4)32-7-2/h6-7,11,14-15,26H,1-2,4,8-10,12-13,16-17H2,3,5H3/b20-11-. The molecule has 0 spiro atoms. The van der Waals surface area contributed by atoms with Crippen molar-refractivity contribution in [2.45, 2.75) is 32.7 Å². The van der Waals surface area contributed by atoms with E-state index in [0.29, 0.717) is 24.1 Å². The van der Waals surface area contributed by atoms with Gasteiger partial charge in [0.05, 0.1) is 11.9 Å². The average Bonchev–Trinajstić information content (AvgIpc) is 2.79. The van der Waals surface area contributed by atoms with E-state index in [0.717, 1.165) is 40.1 Å². The summed E-state index contributed by atoms with van der Waals surface area (Å²) in [6.07, 6.45) is 9.39. The van der Waals surface area contributed by atoms with E-state index in [2.05, 4.69) is 40.6 Å². The summed E-state index contributed by atoms with van der Waals surface area (Å²) < 4.78 is 2.07. The molecule has 5 nitrogen and oxygen atoms in total. The van der Waals surface area contributed by atoms with Crippen LogP contribution in [0.25, 0.3) is 11.0 Å². The third kappa shape index (κ3) is 5.70. The summed E-state index contributed by atoms with van der Waals surface area (Å²) in [4.78, 5) is 22.5. The zero-order valence-electron chi connectivity index (χ0n) is 19.0. The summed E-state index contributed by atoms with van der Waals surface area (Å²) in [5.41, 5.74) is 1.64. The monoisotopic (exact) mass is 468 g/mol. The first kappa shape index (κ1) is 24.3. The molecule has 0 atom stereocenters. The third-order valence-electron chi connectivity index (χ3n) is 5.52. The number of piperidine rings is 1. The van der Waals surface area contributed by atoms with Crippen LogP contribution in [-0.4, -0.2) is 35.4 Å². The molecule has 3 heterocycles. The summed E-state index contributed by atoms with van der Waals surface area (Å²) in [7, 11) is 0. The van der Waals surface area contributed by atoms with Crippen molar-refractivity contribution in [3.63, 3.8) is 0 Å². The molecule has 0 aliphatic carbocycles. The Kier molecular flexibility index (Phi) is 8.70. The van der Waals surface area contributed by atoms with Crippen molar-refractivity contribution in [3.05, 3.63) is 75.0 Å². The van der Waals surface area contributed by atoms with Gasteiger partial charge < -0.3 is 14.8 Å². The van der Waals surface area contributed by atoms with Crippen LogP contribution >= 0.6 is 23.5 Å². The van der Waals surface area contributed by atoms with Crippen LogP contribution in [0.15, 0.2) is 64.0 Å². The van der Waals surface area contributed by atoms with E-state index < -0.39 is 0 Å². The Morgan fingerprint density at radius 1 is 1.25 bits per heavy atom. The molecule has 0 bridgehead atoms. The summed E-state index contributed by atoms with van der Waals surface area (Å²) >= 11 is 3.15. The van der Waals surface area contributed by atoms with Gasteiger partial charge in [0.2, 0.25) is 0 Å². The molecule has 0 saturated carbocycles. The van der Waals surface area contributed by atoms with Crippen molar-refractivity contribution in [2.75, 3.05) is 36.1 Å². The fraction of sp³-hybridized carbons (Fsp3) is 0.360. The van der Waals surface area contributed by atoms with Crippen LogP contribution in [0.1, 0.15) is 24.8 Å². The van der Waals surface area contributed by atoms with Gasteiger partial charge in [-0.1, -0.05) is 31.9 Å². The quantitative estimate of drug-likeness (QED) is 0.436. The second-order valence-electron chi connectivity index (χ2n) is 7.77. The number of aromatic nitrogens is 2. The molecule has 1 aliphatic rings. The lowest BCUT2D eigenvalue weighted by atomic mass is 10.1. The fourth-order valence-corrected chi connectivity index (χ4v) is 4.85. The Labute approximate surface area is 199 Å². The average molecular weight is 469 g/mol. The number of hydrogen-bond acceptors (Lipinski definition) is 6. The molecule has 1 saturated heterocycles. The molecule has 1 aliphatic heterocycles. The van der Waals surface area contributed by atoms with E-state index in [1.165, 1.54) is 31.0 Å². The maximum Gasteiger partial charge on any atom is 0.193 e. The molecule has 0 unspecified atom stereocenters. The number of thioether (sulfide) groups is 2. The van der Waals surface area contributed by atoms with Crippen LogP contribution in [0.3, 0.4) is 0 Å². The number of pyridine rings is 2. The Bertz CT molecular complexity index is 1100. The summed E-state index contributed by atoms with van der Waals surface area (Å²) in [6, 6.07) is 3.73. The van der Waals surface area contributed by atoms with Crippen molar-refractivity contribution in [3.8, 4) is 0 Å². The molecule has 0 radical (unpaired) electrons. The van der Waals surface area contributed by atoms with E-state index in [1.807, 2.05) is 19.3 Å². The Morgan fingerprint density at radius 3 is 2.66 bits per heavy atom. The Balaban J connectivity index is 2.14. The molecular weight excluding hydrogens is 436 g/mol. The fourth-order valence-electron chi connectivity index (χ4n) is 3.96. The van der Waals surface area contributed by atoms with Crippen molar-refractivity contribution < 1.29 is 0 Å². The second-order valence-corrected chi connectivity index (χ2v) is 9.85. The second kappa shape index (κ2) is 11.5. The van der Waals surface area contributed by atoms with Gasteiger partial charge in [0.15, 0.2) is 5.43 Å². The number of aryl methyl sites for hydroxylation is 1. The third-order valence-corrected chi connectivity index (χ3v) is 6.95. The van der Waals surface area contributed by atoms with Crippen LogP contribution in [0.5, 0.6) is 0 Å². The summed E-state index contributed by atoms with van der Waals surface area (Å²) in [5.74, 6) is 1.68. The van der Waals surface area contributed by atoms with Crippen molar-refractivity contribution in [1.29, 1.82) is 0 Å². The Morgan fingerprint density at radius 2 is 2.00 bits per heavy atom. The molecular formula is C25H32N4OS2. The molecule has 170 valence electrons. The van der Waals surface area contributed by atoms with Crippen LogP contribution in [0.4, 0.5) is 11.6 Å². The molecule has 1 N–H and O–H groups in total. The largest absolute Gasteiger partial charge is 0.367 e. The maximum absolute atomic E-state index is 13.1. The van der Waals surface area contributed by atoms with Gasteiger partial charge in [-0.3, -0.25) is 4.79 Å². The number of fused-ring (bicyclic) bond motifs is 1. The van der Waals surface area contributed by atoms with Crippen LogP contribution < -0.4 is 15.6 Å².